The number of fused-ring (bicyclic) bond motifs is 1. The number of amides is 2. The molecule has 9 heteroatoms. The van der Waals surface area contributed by atoms with E-state index in [9.17, 15) is 14.4 Å². The number of ether oxygens (including phenoxy) is 1. The van der Waals surface area contributed by atoms with Gasteiger partial charge in [-0.1, -0.05) is 24.3 Å². The first kappa shape index (κ1) is 20.5. The van der Waals surface area contributed by atoms with Crippen LogP contribution in [-0.2, 0) is 4.79 Å². The summed E-state index contributed by atoms with van der Waals surface area (Å²) < 4.78 is 5.37. The topological polar surface area (TPSA) is 101 Å². The molecule has 2 aromatic heterocycles. The zero-order valence-corrected chi connectivity index (χ0v) is 17.9. The molecule has 5 rings (SSSR count). The summed E-state index contributed by atoms with van der Waals surface area (Å²) in [5.74, 6) is -1.44. The van der Waals surface area contributed by atoms with E-state index in [1.54, 1.807) is 48.7 Å². The van der Waals surface area contributed by atoms with E-state index in [1.807, 2.05) is 29.6 Å². The Morgan fingerprint density at radius 2 is 1.70 bits per heavy atom. The van der Waals surface area contributed by atoms with Gasteiger partial charge in [-0.25, -0.2) is 9.78 Å². The maximum Gasteiger partial charge on any atom is 0.331 e. The highest BCUT2D eigenvalue weighted by Gasteiger charge is 2.36. The summed E-state index contributed by atoms with van der Waals surface area (Å²) in [5, 5.41) is 5.73. The minimum Gasteiger partial charge on any atom is -0.425 e. The molecule has 33 heavy (non-hydrogen) atoms. The number of carbonyl (C=O) groups excluding carboxylic acids is 3. The lowest BCUT2D eigenvalue weighted by Crippen LogP contribution is -2.36. The van der Waals surface area contributed by atoms with Gasteiger partial charge < -0.3 is 10.1 Å². The van der Waals surface area contributed by atoms with Gasteiger partial charge in [-0.2, -0.15) is 0 Å². The molecular formula is C24H16N4O4S. The molecule has 0 aliphatic carbocycles. The molecule has 0 atom stereocenters. The van der Waals surface area contributed by atoms with Gasteiger partial charge in [0.15, 0.2) is 5.13 Å². The highest BCUT2D eigenvalue weighted by Crippen LogP contribution is 2.28. The average molecular weight is 456 g/mol. The van der Waals surface area contributed by atoms with Crippen LogP contribution in [0.15, 0.2) is 78.3 Å². The van der Waals surface area contributed by atoms with Crippen molar-refractivity contribution < 1.29 is 19.1 Å². The molecule has 0 saturated heterocycles. The van der Waals surface area contributed by atoms with Crippen LogP contribution < -0.4 is 10.1 Å². The molecule has 0 saturated carbocycles. The quantitative estimate of drug-likeness (QED) is 0.264. The molecule has 2 amide bonds. The van der Waals surface area contributed by atoms with Crippen molar-refractivity contribution in [3.8, 4) is 17.1 Å². The van der Waals surface area contributed by atoms with E-state index in [1.165, 1.54) is 11.3 Å². The Kier molecular flexibility index (Phi) is 5.37. The minimum absolute atomic E-state index is 0.281. The van der Waals surface area contributed by atoms with Gasteiger partial charge in [-0.05, 0) is 36.4 Å². The lowest BCUT2D eigenvalue weighted by molar-refractivity contribution is -0.134. The van der Waals surface area contributed by atoms with Crippen LogP contribution >= 0.6 is 11.3 Å². The molecule has 0 bridgehead atoms. The predicted molar refractivity (Wildman–Crippen MR) is 123 cm³/mol. The van der Waals surface area contributed by atoms with Crippen molar-refractivity contribution in [1.82, 2.24) is 14.9 Å². The van der Waals surface area contributed by atoms with Crippen molar-refractivity contribution in [1.29, 1.82) is 0 Å². The van der Waals surface area contributed by atoms with Gasteiger partial charge in [0, 0.05) is 23.3 Å². The summed E-state index contributed by atoms with van der Waals surface area (Å²) >= 11 is 1.42. The number of benzene rings is 2. The molecule has 162 valence electrons. The fourth-order valence-electron chi connectivity index (χ4n) is 3.40. The highest BCUT2D eigenvalue weighted by molar-refractivity contribution is 7.14. The van der Waals surface area contributed by atoms with Gasteiger partial charge in [-0.3, -0.25) is 19.5 Å². The number of esters is 1. The highest BCUT2D eigenvalue weighted by atomic mass is 32.1. The summed E-state index contributed by atoms with van der Waals surface area (Å²) in [4.78, 5) is 47.0. The standard InChI is InChI=1S/C24H16N4O4S/c29-21(13-28-22(30)17-8-1-2-9-18(17)23(28)31)32-16-7-5-6-15(12-16)26-24-27-20(14-33-24)19-10-3-4-11-25-19/h1-12,14H,13H2,(H,26,27). The van der Waals surface area contributed by atoms with Crippen LogP contribution in [-0.4, -0.2) is 39.2 Å². The first-order chi connectivity index (χ1) is 16.1. The zero-order valence-electron chi connectivity index (χ0n) is 17.1. The number of hydrogen-bond donors (Lipinski definition) is 1. The van der Waals surface area contributed by atoms with Gasteiger partial charge in [0.05, 0.1) is 16.8 Å². The molecule has 2 aromatic carbocycles. The Labute approximate surface area is 192 Å². The Bertz CT molecular complexity index is 1330. The Morgan fingerprint density at radius 3 is 2.42 bits per heavy atom. The van der Waals surface area contributed by atoms with Crippen molar-refractivity contribution in [2.75, 3.05) is 11.9 Å². The van der Waals surface area contributed by atoms with Crippen molar-refractivity contribution in [3.63, 3.8) is 0 Å². The first-order valence-electron chi connectivity index (χ1n) is 9.98. The first-order valence-corrected chi connectivity index (χ1v) is 10.9. The van der Waals surface area contributed by atoms with Crippen molar-refractivity contribution >= 4 is 39.9 Å². The normalized spacial score (nSPS) is 12.5. The van der Waals surface area contributed by atoms with E-state index in [0.29, 0.717) is 10.8 Å². The largest absolute Gasteiger partial charge is 0.425 e. The van der Waals surface area contributed by atoms with E-state index in [0.717, 1.165) is 16.3 Å². The van der Waals surface area contributed by atoms with E-state index in [-0.39, 0.29) is 16.9 Å². The third-order valence-corrected chi connectivity index (χ3v) is 5.67. The second-order valence-corrected chi connectivity index (χ2v) is 7.98. The molecule has 1 aliphatic heterocycles. The van der Waals surface area contributed by atoms with Crippen LogP contribution in [0.3, 0.4) is 0 Å². The molecule has 1 aliphatic rings. The SMILES string of the molecule is O=C(CN1C(=O)c2ccccc2C1=O)Oc1cccc(Nc2nc(-c3ccccn3)cs2)c1. The fraction of sp³-hybridized carbons (Fsp3) is 0.0417. The van der Waals surface area contributed by atoms with Crippen molar-refractivity contribution in [2.24, 2.45) is 0 Å². The molecule has 4 aromatic rings. The van der Waals surface area contributed by atoms with Crippen LogP contribution in [0.4, 0.5) is 10.8 Å². The number of nitrogens with zero attached hydrogens (tertiary/aromatic N) is 3. The minimum atomic E-state index is -0.714. The van der Waals surface area contributed by atoms with Crippen LogP contribution in [0.5, 0.6) is 5.75 Å². The third-order valence-electron chi connectivity index (χ3n) is 4.91. The van der Waals surface area contributed by atoms with E-state index in [2.05, 4.69) is 15.3 Å². The monoisotopic (exact) mass is 456 g/mol. The number of pyridine rings is 1. The third kappa shape index (κ3) is 4.21. The summed E-state index contributed by atoms with van der Waals surface area (Å²) in [6, 6.07) is 18.9. The molecule has 0 radical (unpaired) electrons. The average Bonchev–Trinajstić information content (AvgIpc) is 3.39. The molecule has 0 unspecified atom stereocenters. The van der Waals surface area contributed by atoms with E-state index in [4.69, 9.17) is 4.74 Å². The summed E-state index contributed by atoms with van der Waals surface area (Å²) in [7, 11) is 0. The van der Waals surface area contributed by atoms with Gasteiger partial charge in [0.2, 0.25) is 0 Å². The van der Waals surface area contributed by atoms with Crippen LogP contribution in [0.1, 0.15) is 20.7 Å². The van der Waals surface area contributed by atoms with Crippen LogP contribution in [0.25, 0.3) is 11.4 Å². The van der Waals surface area contributed by atoms with Crippen LogP contribution in [0.2, 0.25) is 0 Å². The predicted octanol–water partition coefficient (Wildman–Crippen LogP) is 4.15. The summed E-state index contributed by atoms with van der Waals surface area (Å²) in [6.45, 7) is -0.468. The molecule has 8 nitrogen and oxygen atoms in total. The van der Waals surface area contributed by atoms with Crippen LogP contribution in [0, 0.1) is 0 Å². The number of carbonyl (C=O) groups is 3. The maximum atomic E-state index is 12.4. The number of aromatic nitrogens is 2. The van der Waals surface area contributed by atoms with Crippen molar-refractivity contribution in [2.45, 2.75) is 0 Å². The lowest BCUT2D eigenvalue weighted by atomic mass is 10.1. The Morgan fingerprint density at radius 1 is 0.939 bits per heavy atom. The molecule has 0 spiro atoms. The molecule has 0 fully saturated rings. The fourth-order valence-corrected chi connectivity index (χ4v) is 4.12. The van der Waals surface area contributed by atoms with Crippen molar-refractivity contribution in [3.05, 3.63) is 89.4 Å². The summed E-state index contributed by atoms with van der Waals surface area (Å²) in [6.07, 6.45) is 1.71. The van der Waals surface area contributed by atoms with Gasteiger partial charge in [0.25, 0.3) is 11.8 Å². The molecule has 3 heterocycles. The van der Waals surface area contributed by atoms with Gasteiger partial charge >= 0.3 is 5.97 Å². The van der Waals surface area contributed by atoms with E-state index >= 15 is 0 Å². The number of nitrogens with one attached hydrogen (secondary N) is 1. The second kappa shape index (κ2) is 8.64. The number of hydrogen-bond acceptors (Lipinski definition) is 8. The maximum absolute atomic E-state index is 12.4. The van der Waals surface area contributed by atoms with Gasteiger partial charge in [0.1, 0.15) is 18.0 Å². The molecular weight excluding hydrogens is 440 g/mol. The smallest absolute Gasteiger partial charge is 0.331 e. The zero-order chi connectivity index (χ0) is 22.8. The number of anilines is 2. The number of imide groups is 1. The lowest BCUT2D eigenvalue weighted by Gasteiger charge is -2.13. The molecule has 1 N–H and O–H groups in total. The Balaban J connectivity index is 1.24. The number of rotatable bonds is 6. The Hall–Kier alpha value is -4.37. The number of thiazole rings is 1. The van der Waals surface area contributed by atoms with Gasteiger partial charge in [-0.15, -0.1) is 11.3 Å². The summed E-state index contributed by atoms with van der Waals surface area (Å²) in [5.41, 5.74) is 2.78. The second-order valence-electron chi connectivity index (χ2n) is 7.12. The van der Waals surface area contributed by atoms with E-state index < -0.39 is 24.3 Å².